The quantitative estimate of drug-likeness (QED) is 0.548. The fraction of sp³-hybridized carbons (Fsp3) is 0.571. The molecule has 1 aromatic rings. The Morgan fingerprint density at radius 2 is 1.89 bits per heavy atom. The van der Waals surface area contributed by atoms with E-state index < -0.39 is 7.12 Å². The van der Waals surface area contributed by atoms with E-state index in [2.05, 4.69) is 20.8 Å². The lowest BCUT2D eigenvalue weighted by Crippen LogP contribution is -2.29. The zero-order valence-corrected chi connectivity index (χ0v) is 11.9. The summed E-state index contributed by atoms with van der Waals surface area (Å²) < 4.78 is 11.1. The molecule has 0 saturated carbocycles. The third kappa shape index (κ3) is 6.62. The van der Waals surface area contributed by atoms with E-state index >= 15 is 0 Å². The van der Waals surface area contributed by atoms with Crippen molar-refractivity contribution in [1.82, 2.24) is 0 Å². The third-order valence-electron chi connectivity index (χ3n) is 2.71. The molecule has 0 amide bonds. The molecule has 19 heavy (non-hydrogen) atoms. The van der Waals surface area contributed by atoms with Crippen LogP contribution in [0.1, 0.15) is 27.2 Å². The summed E-state index contributed by atoms with van der Waals surface area (Å²) in [6.45, 7) is 7.38. The van der Waals surface area contributed by atoms with Crippen molar-refractivity contribution in [1.29, 1.82) is 0 Å². The SMILES string of the molecule is CC(C)CC(C)OCCOc1cccc(B(O)O)c1. The highest BCUT2D eigenvalue weighted by molar-refractivity contribution is 6.58. The zero-order chi connectivity index (χ0) is 14.3. The second-order valence-corrected chi connectivity index (χ2v) is 5.11. The van der Waals surface area contributed by atoms with Gasteiger partial charge in [0.2, 0.25) is 0 Å². The average Bonchev–Trinajstić information content (AvgIpc) is 2.34. The average molecular weight is 266 g/mol. The van der Waals surface area contributed by atoms with E-state index in [1.54, 1.807) is 24.3 Å². The Hall–Kier alpha value is -1.04. The van der Waals surface area contributed by atoms with Gasteiger partial charge in [-0.15, -0.1) is 0 Å². The summed E-state index contributed by atoms with van der Waals surface area (Å²) >= 11 is 0. The van der Waals surface area contributed by atoms with Crippen molar-refractivity contribution in [3.8, 4) is 5.75 Å². The van der Waals surface area contributed by atoms with Crippen LogP contribution < -0.4 is 10.2 Å². The zero-order valence-electron chi connectivity index (χ0n) is 11.9. The van der Waals surface area contributed by atoms with Crippen molar-refractivity contribution in [2.45, 2.75) is 33.3 Å². The van der Waals surface area contributed by atoms with E-state index in [0.29, 0.717) is 30.3 Å². The molecular weight excluding hydrogens is 243 g/mol. The van der Waals surface area contributed by atoms with Gasteiger partial charge in [0.25, 0.3) is 0 Å². The Labute approximate surface area is 115 Å². The minimum atomic E-state index is -1.47. The first-order valence-corrected chi connectivity index (χ1v) is 6.69. The minimum absolute atomic E-state index is 0.231. The van der Waals surface area contributed by atoms with Gasteiger partial charge < -0.3 is 19.5 Å². The molecule has 0 aliphatic carbocycles. The van der Waals surface area contributed by atoms with Gasteiger partial charge in [0.15, 0.2) is 0 Å². The highest BCUT2D eigenvalue weighted by Gasteiger charge is 2.11. The molecule has 106 valence electrons. The van der Waals surface area contributed by atoms with Gasteiger partial charge >= 0.3 is 7.12 Å². The fourth-order valence-corrected chi connectivity index (χ4v) is 1.91. The van der Waals surface area contributed by atoms with E-state index in [0.717, 1.165) is 6.42 Å². The van der Waals surface area contributed by atoms with E-state index in [1.165, 1.54) is 0 Å². The summed E-state index contributed by atoms with van der Waals surface area (Å²) in [5.41, 5.74) is 0.423. The summed E-state index contributed by atoms with van der Waals surface area (Å²) in [6, 6.07) is 6.76. The van der Waals surface area contributed by atoms with Crippen molar-refractivity contribution in [3.05, 3.63) is 24.3 Å². The Morgan fingerprint density at radius 1 is 1.16 bits per heavy atom. The van der Waals surface area contributed by atoms with E-state index in [9.17, 15) is 0 Å². The van der Waals surface area contributed by atoms with Crippen molar-refractivity contribution < 1.29 is 19.5 Å². The lowest BCUT2D eigenvalue weighted by molar-refractivity contribution is 0.0331. The second-order valence-electron chi connectivity index (χ2n) is 5.11. The number of ether oxygens (including phenoxy) is 2. The number of rotatable bonds is 8. The topological polar surface area (TPSA) is 58.9 Å². The number of benzene rings is 1. The van der Waals surface area contributed by atoms with Crippen LogP contribution in [-0.2, 0) is 4.74 Å². The molecule has 4 nitrogen and oxygen atoms in total. The smallest absolute Gasteiger partial charge is 0.488 e. The fourth-order valence-electron chi connectivity index (χ4n) is 1.91. The van der Waals surface area contributed by atoms with Crippen molar-refractivity contribution in [2.24, 2.45) is 5.92 Å². The number of hydrogen-bond acceptors (Lipinski definition) is 4. The highest BCUT2D eigenvalue weighted by atomic mass is 16.5. The second kappa shape index (κ2) is 8.20. The predicted molar refractivity (Wildman–Crippen MR) is 76.6 cm³/mol. The Balaban J connectivity index is 2.27. The Bertz CT molecular complexity index is 368. The van der Waals surface area contributed by atoms with Crippen LogP contribution in [0.3, 0.4) is 0 Å². The maximum atomic E-state index is 9.05. The molecule has 1 unspecified atom stereocenters. The molecule has 0 spiro atoms. The molecule has 0 heterocycles. The first-order valence-electron chi connectivity index (χ1n) is 6.69. The van der Waals surface area contributed by atoms with Crippen LogP contribution in [0, 0.1) is 5.92 Å². The molecule has 5 heteroatoms. The summed E-state index contributed by atoms with van der Waals surface area (Å²) in [6.07, 6.45) is 1.26. The van der Waals surface area contributed by atoms with Crippen LogP contribution in [0.4, 0.5) is 0 Å². The summed E-state index contributed by atoms with van der Waals surface area (Å²) in [5, 5.41) is 18.1. The van der Waals surface area contributed by atoms with Crippen molar-refractivity contribution in [2.75, 3.05) is 13.2 Å². The van der Waals surface area contributed by atoms with E-state index in [4.69, 9.17) is 19.5 Å². The van der Waals surface area contributed by atoms with Crippen LogP contribution >= 0.6 is 0 Å². The molecule has 1 aromatic carbocycles. The highest BCUT2D eigenvalue weighted by Crippen LogP contribution is 2.09. The van der Waals surface area contributed by atoms with Crippen molar-refractivity contribution >= 4 is 12.6 Å². The molecule has 1 atom stereocenters. The normalized spacial score (nSPS) is 12.5. The Morgan fingerprint density at radius 3 is 2.53 bits per heavy atom. The first kappa shape index (κ1) is 16.0. The van der Waals surface area contributed by atoms with Gasteiger partial charge in [-0.3, -0.25) is 0 Å². The molecule has 0 bridgehead atoms. The molecule has 1 rings (SSSR count). The largest absolute Gasteiger partial charge is 0.491 e. The van der Waals surface area contributed by atoms with Crippen LogP contribution in [0.15, 0.2) is 24.3 Å². The molecule has 0 radical (unpaired) electrons. The lowest BCUT2D eigenvalue weighted by Gasteiger charge is -2.15. The molecular formula is C14H23BO4. The molecule has 0 saturated heterocycles. The predicted octanol–water partition coefficient (Wildman–Crippen LogP) is 1.20. The van der Waals surface area contributed by atoms with Crippen LogP contribution in [-0.4, -0.2) is 36.5 Å². The van der Waals surface area contributed by atoms with Gasteiger partial charge in [0.1, 0.15) is 12.4 Å². The molecule has 0 aliphatic heterocycles. The van der Waals surface area contributed by atoms with Crippen molar-refractivity contribution in [3.63, 3.8) is 0 Å². The van der Waals surface area contributed by atoms with Crippen LogP contribution in [0.2, 0.25) is 0 Å². The summed E-state index contributed by atoms with van der Waals surface area (Å²) in [7, 11) is -1.47. The van der Waals surface area contributed by atoms with Gasteiger partial charge in [-0.2, -0.15) is 0 Å². The van der Waals surface area contributed by atoms with E-state index in [1.807, 2.05) is 0 Å². The minimum Gasteiger partial charge on any atom is -0.491 e. The lowest BCUT2D eigenvalue weighted by atomic mass is 9.80. The van der Waals surface area contributed by atoms with Gasteiger partial charge in [-0.1, -0.05) is 26.0 Å². The van der Waals surface area contributed by atoms with Gasteiger partial charge in [0, 0.05) is 0 Å². The van der Waals surface area contributed by atoms with E-state index in [-0.39, 0.29) is 6.10 Å². The van der Waals surface area contributed by atoms with Gasteiger partial charge in [-0.05, 0) is 36.9 Å². The maximum absolute atomic E-state index is 9.05. The maximum Gasteiger partial charge on any atom is 0.488 e. The monoisotopic (exact) mass is 266 g/mol. The molecule has 0 fully saturated rings. The molecule has 0 aliphatic rings. The van der Waals surface area contributed by atoms with Crippen LogP contribution in [0.5, 0.6) is 5.75 Å². The van der Waals surface area contributed by atoms with Gasteiger partial charge in [0.05, 0.1) is 12.7 Å². The standard InChI is InChI=1S/C14H23BO4/c1-11(2)9-12(3)18-7-8-19-14-6-4-5-13(10-14)15(16)17/h4-6,10-12,16-17H,7-9H2,1-3H3. The first-order chi connectivity index (χ1) is 8.99. The molecule has 2 N–H and O–H groups in total. The Kier molecular flexibility index (Phi) is 6.91. The van der Waals surface area contributed by atoms with Gasteiger partial charge in [-0.25, -0.2) is 0 Å². The third-order valence-corrected chi connectivity index (χ3v) is 2.71. The summed E-state index contributed by atoms with van der Waals surface area (Å²) in [5.74, 6) is 1.24. The molecule has 0 aromatic heterocycles. The van der Waals surface area contributed by atoms with Crippen LogP contribution in [0.25, 0.3) is 0 Å². The number of hydrogen-bond donors (Lipinski definition) is 2. The summed E-state index contributed by atoms with van der Waals surface area (Å²) in [4.78, 5) is 0.